The van der Waals surface area contributed by atoms with Gasteiger partial charge >= 0.3 is 6.18 Å². The Hall–Kier alpha value is -1.60. The average molecular weight is 315 g/mol. The number of hydrogen-bond acceptors (Lipinski definition) is 4. The van der Waals surface area contributed by atoms with Crippen LogP contribution in [0.5, 0.6) is 5.75 Å². The van der Waals surface area contributed by atoms with Gasteiger partial charge in [-0.05, 0) is 36.1 Å². The number of nitrogens with zero attached hydrogens (tertiary/aromatic N) is 1. The van der Waals surface area contributed by atoms with Crippen LogP contribution in [0.3, 0.4) is 0 Å². The number of aryl methyl sites for hydroxylation is 1. The first-order valence-electron chi connectivity index (χ1n) is 6.28. The van der Waals surface area contributed by atoms with Crippen molar-refractivity contribution < 1.29 is 23.0 Å². The molecule has 0 fully saturated rings. The number of fused-ring (bicyclic) bond motifs is 1. The van der Waals surface area contributed by atoms with E-state index in [1.54, 1.807) is 12.1 Å². The van der Waals surface area contributed by atoms with E-state index in [0.717, 1.165) is 11.8 Å². The zero-order valence-corrected chi connectivity index (χ0v) is 11.9. The smallest absolute Gasteiger partial charge is 0.443 e. The van der Waals surface area contributed by atoms with Gasteiger partial charge in [0.15, 0.2) is 5.01 Å². The van der Waals surface area contributed by atoms with Crippen molar-refractivity contribution in [1.82, 2.24) is 4.98 Å². The number of ether oxygens (including phenoxy) is 1. The van der Waals surface area contributed by atoms with E-state index in [4.69, 9.17) is 4.74 Å². The molecule has 0 spiro atoms. The van der Waals surface area contributed by atoms with Gasteiger partial charge in [-0.15, -0.1) is 11.3 Å². The summed E-state index contributed by atoms with van der Waals surface area (Å²) in [6.45, 7) is 0. The highest BCUT2D eigenvalue weighted by molar-refractivity contribution is 7.11. The van der Waals surface area contributed by atoms with Crippen LogP contribution in [0.2, 0.25) is 0 Å². The summed E-state index contributed by atoms with van der Waals surface area (Å²) in [4.78, 5) is 3.61. The molecule has 1 atom stereocenters. The summed E-state index contributed by atoms with van der Waals surface area (Å²) in [5, 5.41) is 9.92. The van der Waals surface area contributed by atoms with E-state index in [1.165, 1.54) is 7.11 Å². The molecule has 1 N–H and O–H groups in total. The summed E-state index contributed by atoms with van der Waals surface area (Å²) >= 11 is 0.486. The first-order chi connectivity index (χ1) is 9.84. The highest BCUT2D eigenvalue weighted by atomic mass is 32.1. The zero-order valence-electron chi connectivity index (χ0n) is 11.1. The Morgan fingerprint density at radius 3 is 2.76 bits per heavy atom. The molecule has 1 aliphatic carbocycles. The zero-order chi connectivity index (χ0) is 15.3. The summed E-state index contributed by atoms with van der Waals surface area (Å²) in [5.41, 5.74) is 0.0879. The third kappa shape index (κ3) is 2.30. The number of benzene rings is 1. The molecule has 2 aromatic rings. The summed E-state index contributed by atoms with van der Waals surface area (Å²) in [7, 11) is 1.50. The molecule has 7 heteroatoms. The first kappa shape index (κ1) is 14.3. The third-order valence-electron chi connectivity index (χ3n) is 3.67. The van der Waals surface area contributed by atoms with Crippen LogP contribution in [0.4, 0.5) is 13.2 Å². The number of halogens is 3. The molecule has 0 saturated heterocycles. The second-order valence-electron chi connectivity index (χ2n) is 4.91. The van der Waals surface area contributed by atoms with Gasteiger partial charge in [-0.1, -0.05) is 6.07 Å². The van der Waals surface area contributed by atoms with Crippen molar-refractivity contribution in [3.63, 3.8) is 0 Å². The molecule has 3 nitrogen and oxygen atoms in total. The number of alkyl halides is 3. The number of rotatable bonds is 2. The monoisotopic (exact) mass is 315 g/mol. The van der Waals surface area contributed by atoms with Crippen molar-refractivity contribution >= 4 is 11.3 Å². The van der Waals surface area contributed by atoms with E-state index in [-0.39, 0.29) is 4.88 Å². The van der Waals surface area contributed by atoms with Gasteiger partial charge in [0.2, 0.25) is 0 Å². The fourth-order valence-corrected chi connectivity index (χ4v) is 3.50. The SMILES string of the molecule is COc1ccc2c(c1)C(O)(c1cnc(C(F)(F)F)s1)CC2. The van der Waals surface area contributed by atoms with Gasteiger partial charge in [0.05, 0.1) is 12.0 Å². The Bertz CT molecular complexity index is 683. The molecule has 112 valence electrons. The minimum Gasteiger partial charge on any atom is -0.497 e. The molecule has 0 radical (unpaired) electrons. The number of aliphatic hydroxyl groups is 1. The first-order valence-corrected chi connectivity index (χ1v) is 7.09. The number of hydrogen-bond donors (Lipinski definition) is 1. The second kappa shape index (κ2) is 4.71. The van der Waals surface area contributed by atoms with Gasteiger partial charge in [0.25, 0.3) is 0 Å². The Morgan fingerprint density at radius 2 is 2.14 bits per heavy atom. The summed E-state index contributed by atoms with van der Waals surface area (Å²) in [6, 6.07) is 5.28. The highest BCUT2D eigenvalue weighted by Crippen LogP contribution is 2.46. The average Bonchev–Trinajstić information content (AvgIpc) is 3.05. The van der Waals surface area contributed by atoms with Crippen LogP contribution in [0, 0.1) is 0 Å². The predicted octanol–water partition coefficient (Wildman–Crippen LogP) is 3.35. The van der Waals surface area contributed by atoms with E-state index < -0.39 is 16.8 Å². The second-order valence-corrected chi connectivity index (χ2v) is 5.94. The Balaban J connectivity index is 2.06. The molecular formula is C14H12F3NO2S. The van der Waals surface area contributed by atoms with Crippen LogP contribution in [0.15, 0.2) is 24.4 Å². The molecule has 1 unspecified atom stereocenters. The van der Waals surface area contributed by atoms with Crippen molar-refractivity contribution in [3.8, 4) is 5.75 Å². The van der Waals surface area contributed by atoms with Crippen molar-refractivity contribution in [2.45, 2.75) is 24.6 Å². The van der Waals surface area contributed by atoms with Crippen LogP contribution in [0.1, 0.15) is 27.4 Å². The van der Waals surface area contributed by atoms with Crippen LogP contribution in [-0.2, 0) is 18.2 Å². The molecular weight excluding hydrogens is 303 g/mol. The molecule has 0 amide bonds. The molecule has 1 aromatic carbocycles. The van der Waals surface area contributed by atoms with E-state index in [0.29, 0.717) is 35.5 Å². The van der Waals surface area contributed by atoms with Crippen LogP contribution in [0.25, 0.3) is 0 Å². The van der Waals surface area contributed by atoms with Crippen LogP contribution < -0.4 is 4.74 Å². The maximum absolute atomic E-state index is 12.7. The van der Waals surface area contributed by atoms with E-state index in [1.807, 2.05) is 6.07 Å². The summed E-state index contributed by atoms with van der Waals surface area (Å²) in [6.07, 6.45) is -2.43. The van der Waals surface area contributed by atoms with Gasteiger partial charge in [-0.2, -0.15) is 13.2 Å². The Morgan fingerprint density at radius 1 is 1.38 bits per heavy atom. The van der Waals surface area contributed by atoms with Crippen molar-refractivity contribution in [2.24, 2.45) is 0 Å². The van der Waals surface area contributed by atoms with E-state index >= 15 is 0 Å². The van der Waals surface area contributed by atoms with Gasteiger partial charge < -0.3 is 9.84 Å². The summed E-state index contributed by atoms with van der Waals surface area (Å²) < 4.78 is 43.1. The normalized spacial score (nSPS) is 21.4. The number of aromatic nitrogens is 1. The number of thiazole rings is 1. The minimum atomic E-state index is -4.49. The lowest BCUT2D eigenvalue weighted by atomic mass is 9.94. The molecule has 1 aliphatic rings. The fraction of sp³-hybridized carbons (Fsp3) is 0.357. The molecule has 0 aliphatic heterocycles. The Labute approximate surface area is 123 Å². The van der Waals surface area contributed by atoms with Gasteiger partial charge in [-0.3, -0.25) is 0 Å². The van der Waals surface area contributed by atoms with Crippen LogP contribution in [-0.4, -0.2) is 17.2 Å². The summed E-state index contributed by atoms with van der Waals surface area (Å²) in [5.74, 6) is 0.564. The molecule has 1 heterocycles. The van der Waals surface area contributed by atoms with Gasteiger partial charge in [0.1, 0.15) is 11.4 Å². The lowest BCUT2D eigenvalue weighted by Gasteiger charge is -2.22. The lowest BCUT2D eigenvalue weighted by molar-refractivity contribution is -0.137. The van der Waals surface area contributed by atoms with E-state index in [2.05, 4.69) is 4.98 Å². The largest absolute Gasteiger partial charge is 0.497 e. The van der Waals surface area contributed by atoms with Gasteiger partial charge in [-0.25, -0.2) is 4.98 Å². The van der Waals surface area contributed by atoms with Gasteiger partial charge in [0, 0.05) is 6.20 Å². The van der Waals surface area contributed by atoms with Crippen molar-refractivity contribution in [2.75, 3.05) is 7.11 Å². The molecule has 0 saturated carbocycles. The molecule has 21 heavy (non-hydrogen) atoms. The molecule has 1 aromatic heterocycles. The van der Waals surface area contributed by atoms with Crippen molar-refractivity contribution in [1.29, 1.82) is 0 Å². The minimum absolute atomic E-state index is 0.210. The quantitative estimate of drug-likeness (QED) is 0.924. The fourth-order valence-electron chi connectivity index (χ4n) is 2.59. The molecule has 3 rings (SSSR count). The topological polar surface area (TPSA) is 42.4 Å². The maximum atomic E-state index is 12.7. The lowest BCUT2D eigenvalue weighted by Crippen LogP contribution is -2.22. The Kier molecular flexibility index (Phi) is 3.22. The predicted molar refractivity (Wildman–Crippen MR) is 71.4 cm³/mol. The maximum Gasteiger partial charge on any atom is 0.443 e. The number of methoxy groups -OCH3 is 1. The van der Waals surface area contributed by atoms with Crippen molar-refractivity contribution in [3.05, 3.63) is 45.4 Å². The standard InChI is InChI=1S/C14H12F3NO2S/c1-20-9-3-2-8-4-5-13(19,10(8)6-9)11-7-18-12(21-11)14(15,16)17/h2-3,6-7,19H,4-5H2,1H3. The highest BCUT2D eigenvalue weighted by Gasteiger charge is 2.43. The van der Waals surface area contributed by atoms with Crippen LogP contribution >= 0.6 is 11.3 Å². The third-order valence-corrected chi connectivity index (χ3v) is 4.87. The van der Waals surface area contributed by atoms with E-state index in [9.17, 15) is 18.3 Å². The molecule has 0 bridgehead atoms.